The lowest BCUT2D eigenvalue weighted by Gasteiger charge is -2.29. The molecule has 2 atom stereocenters. The number of oxazole rings is 1. The number of nitro benzene ring substituents is 1. The fourth-order valence-corrected chi connectivity index (χ4v) is 5.76. The largest absolute Gasteiger partial charge is 0.449 e. The number of hydrogen-bond donors (Lipinski definition) is 1. The number of nitro groups is 1. The molecule has 1 saturated carbocycles. The lowest BCUT2D eigenvalue weighted by Crippen LogP contribution is -2.35. The van der Waals surface area contributed by atoms with Crippen molar-refractivity contribution in [1.29, 1.82) is 0 Å². The first-order valence-electron chi connectivity index (χ1n) is 11.4. The van der Waals surface area contributed by atoms with Crippen molar-refractivity contribution in [2.24, 2.45) is 5.92 Å². The molecule has 4 rings (SSSR count). The normalized spacial score (nSPS) is 16.0. The van der Waals surface area contributed by atoms with Gasteiger partial charge >= 0.3 is 0 Å². The lowest BCUT2D eigenvalue weighted by molar-refractivity contribution is -0.387. The molecule has 0 radical (unpaired) electrons. The molecule has 0 saturated heterocycles. The Bertz CT molecular complexity index is 1290. The zero-order chi connectivity index (χ0) is 25.0. The second kappa shape index (κ2) is 10.4. The van der Waals surface area contributed by atoms with Crippen molar-refractivity contribution in [3.05, 3.63) is 88.1 Å². The number of rotatable bonds is 9. The minimum absolute atomic E-state index is 0.0924. The van der Waals surface area contributed by atoms with Crippen LogP contribution in [0.4, 0.5) is 5.69 Å². The van der Waals surface area contributed by atoms with E-state index in [1.807, 2.05) is 30.3 Å². The van der Waals surface area contributed by atoms with Crippen LogP contribution in [0.15, 0.2) is 70.3 Å². The number of hydrogen-bond acceptors (Lipinski definition) is 7. The van der Waals surface area contributed by atoms with Crippen LogP contribution in [0.3, 0.4) is 0 Å². The summed E-state index contributed by atoms with van der Waals surface area (Å²) in [4.78, 5) is 28.7. The maximum absolute atomic E-state index is 13.7. The van der Waals surface area contributed by atoms with Crippen molar-refractivity contribution < 1.29 is 22.6 Å². The molecule has 10 heteroatoms. The van der Waals surface area contributed by atoms with Crippen molar-refractivity contribution >= 4 is 21.4 Å². The van der Waals surface area contributed by atoms with Gasteiger partial charge in [0.05, 0.1) is 23.0 Å². The number of nitrogens with one attached hydrogen (secondary N) is 1. The van der Waals surface area contributed by atoms with E-state index in [9.17, 15) is 23.3 Å². The van der Waals surface area contributed by atoms with Gasteiger partial charge in [-0.2, -0.15) is 0 Å². The van der Waals surface area contributed by atoms with Gasteiger partial charge in [-0.05, 0) is 36.0 Å². The molecule has 1 N–H and O–H groups in total. The van der Waals surface area contributed by atoms with Gasteiger partial charge in [-0.25, -0.2) is 13.4 Å². The Morgan fingerprint density at radius 2 is 1.91 bits per heavy atom. The van der Waals surface area contributed by atoms with Gasteiger partial charge in [-0.1, -0.05) is 49.2 Å². The number of nitrogens with zero attached hydrogens (tertiary/aromatic N) is 2. The molecule has 35 heavy (non-hydrogen) atoms. The van der Waals surface area contributed by atoms with Gasteiger partial charge in [0.15, 0.2) is 15.7 Å². The van der Waals surface area contributed by atoms with Crippen LogP contribution in [0.2, 0.25) is 0 Å². The van der Waals surface area contributed by atoms with Crippen molar-refractivity contribution in [1.82, 2.24) is 10.3 Å². The summed E-state index contributed by atoms with van der Waals surface area (Å²) in [6.45, 7) is 0.280. The lowest BCUT2D eigenvalue weighted by atomic mass is 9.76. The van der Waals surface area contributed by atoms with Gasteiger partial charge in [0.1, 0.15) is 11.2 Å². The maximum atomic E-state index is 13.7. The molecule has 1 aromatic heterocycles. The summed E-state index contributed by atoms with van der Waals surface area (Å²) in [6.07, 6.45) is 7.66. The van der Waals surface area contributed by atoms with Crippen molar-refractivity contribution in [3.63, 3.8) is 0 Å². The molecule has 1 heterocycles. The highest BCUT2D eigenvalue weighted by Gasteiger charge is 2.41. The van der Waals surface area contributed by atoms with E-state index in [1.54, 1.807) is 0 Å². The summed E-state index contributed by atoms with van der Waals surface area (Å²) < 4.78 is 30.0. The summed E-state index contributed by atoms with van der Waals surface area (Å²) in [5, 5.41) is 14.7. The first-order chi connectivity index (χ1) is 16.8. The van der Waals surface area contributed by atoms with Gasteiger partial charge in [-0.15, -0.1) is 0 Å². The third-order valence-corrected chi connectivity index (χ3v) is 7.68. The van der Waals surface area contributed by atoms with E-state index in [2.05, 4.69) is 10.3 Å². The Morgan fingerprint density at radius 1 is 1.20 bits per heavy atom. The van der Waals surface area contributed by atoms with Crippen LogP contribution in [0.5, 0.6) is 0 Å². The highest BCUT2D eigenvalue weighted by atomic mass is 32.2. The molecule has 3 aromatic rings. The number of aromatic nitrogens is 1. The average molecular weight is 498 g/mol. The molecule has 1 aliphatic rings. The van der Waals surface area contributed by atoms with Gasteiger partial charge in [-0.3, -0.25) is 14.9 Å². The SMILES string of the molecule is CS(=O)(=O)c1ccc(C(C(=O)NCc2ccccc2)C(c2ncco2)C2CCCC2)cc1[N+](=O)[O-]. The van der Waals surface area contributed by atoms with Crippen LogP contribution in [-0.2, 0) is 21.2 Å². The molecule has 9 nitrogen and oxygen atoms in total. The molecule has 1 amide bonds. The zero-order valence-electron chi connectivity index (χ0n) is 19.3. The predicted octanol–water partition coefficient (Wildman–Crippen LogP) is 4.36. The van der Waals surface area contributed by atoms with Gasteiger partial charge in [0, 0.05) is 18.9 Å². The Hall–Kier alpha value is -3.53. The Labute approximate surface area is 203 Å². The predicted molar refractivity (Wildman–Crippen MR) is 128 cm³/mol. The third kappa shape index (κ3) is 5.59. The van der Waals surface area contributed by atoms with Crippen LogP contribution in [0.25, 0.3) is 0 Å². The number of sulfone groups is 1. The molecule has 1 aliphatic carbocycles. The monoisotopic (exact) mass is 497 g/mol. The topological polar surface area (TPSA) is 132 Å². The Kier molecular flexibility index (Phi) is 7.30. The molecule has 1 fully saturated rings. The van der Waals surface area contributed by atoms with Crippen LogP contribution in [0, 0.1) is 16.0 Å². The summed E-state index contributed by atoms with van der Waals surface area (Å²) in [5.41, 5.74) is 0.708. The van der Waals surface area contributed by atoms with Crippen LogP contribution in [-0.4, -0.2) is 30.5 Å². The molecule has 2 unspecified atom stereocenters. The molecular weight excluding hydrogens is 470 g/mol. The van der Waals surface area contributed by atoms with Crippen molar-refractivity contribution in [2.75, 3.05) is 6.26 Å². The van der Waals surface area contributed by atoms with E-state index >= 15 is 0 Å². The zero-order valence-corrected chi connectivity index (χ0v) is 20.1. The van der Waals surface area contributed by atoms with Crippen LogP contribution in [0.1, 0.15) is 54.5 Å². The minimum atomic E-state index is -3.84. The Morgan fingerprint density at radius 3 is 2.51 bits per heavy atom. The quantitative estimate of drug-likeness (QED) is 0.343. The Balaban J connectivity index is 1.80. The van der Waals surface area contributed by atoms with Crippen molar-refractivity contribution in [2.45, 2.75) is 49.0 Å². The van der Waals surface area contributed by atoms with Crippen LogP contribution >= 0.6 is 0 Å². The molecule has 0 aliphatic heterocycles. The summed E-state index contributed by atoms with van der Waals surface area (Å²) in [5.74, 6) is -1.15. The highest BCUT2D eigenvalue weighted by molar-refractivity contribution is 7.90. The molecular formula is C25H27N3O6S. The van der Waals surface area contributed by atoms with E-state index in [0.717, 1.165) is 37.5 Å². The fourth-order valence-electron chi connectivity index (χ4n) is 4.93. The van der Waals surface area contributed by atoms with E-state index in [1.165, 1.54) is 30.7 Å². The fraction of sp³-hybridized carbons (Fsp3) is 0.360. The van der Waals surface area contributed by atoms with E-state index in [-0.39, 0.29) is 23.3 Å². The third-order valence-electron chi connectivity index (χ3n) is 6.53. The van der Waals surface area contributed by atoms with E-state index in [0.29, 0.717) is 11.5 Å². The van der Waals surface area contributed by atoms with Crippen LogP contribution < -0.4 is 5.32 Å². The number of carbonyl (C=O) groups excluding carboxylic acids is 1. The second-order valence-electron chi connectivity index (χ2n) is 8.88. The summed E-state index contributed by atoms with van der Waals surface area (Å²) in [6, 6.07) is 13.3. The second-order valence-corrected chi connectivity index (χ2v) is 10.9. The molecule has 0 bridgehead atoms. The highest BCUT2D eigenvalue weighted by Crippen LogP contribution is 2.46. The number of amides is 1. The first-order valence-corrected chi connectivity index (χ1v) is 13.3. The van der Waals surface area contributed by atoms with E-state index in [4.69, 9.17) is 4.42 Å². The average Bonchev–Trinajstić information content (AvgIpc) is 3.55. The summed E-state index contributed by atoms with van der Waals surface area (Å²) >= 11 is 0. The molecule has 2 aromatic carbocycles. The minimum Gasteiger partial charge on any atom is -0.449 e. The van der Waals surface area contributed by atoms with Gasteiger partial charge < -0.3 is 9.73 Å². The van der Waals surface area contributed by atoms with E-state index < -0.39 is 32.3 Å². The van der Waals surface area contributed by atoms with Gasteiger partial charge in [0.25, 0.3) is 5.69 Å². The molecule has 184 valence electrons. The number of carbonyl (C=O) groups is 1. The first kappa shape index (κ1) is 24.6. The smallest absolute Gasteiger partial charge is 0.288 e. The van der Waals surface area contributed by atoms with Gasteiger partial charge in [0.2, 0.25) is 5.91 Å². The van der Waals surface area contributed by atoms with Crippen molar-refractivity contribution in [3.8, 4) is 0 Å². The standard InChI is InChI=1S/C25H27N3O6S/c1-35(32,33)21-12-11-19(15-20(21)28(30)31)22(24(29)27-16-17-7-3-2-4-8-17)23(18-9-5-6-10-18)25-26-13-14-34-25/h2-4,7-8,11-15,18,22-23H,5-6,9-10,16H2,1H3,(H,27,29). The summed E-state index contributed by atoms with van der Waals surface area (Å²) in [7, 11) is -3.84. The maximum Gasteiger partial charge on any atom is 0.288 e. The molecule has 0 spiro atoms. The number of benzene rings is 2.